The minimum absolute atomic E-state index is 0.298. The summed E-state index contributed by atoms with van der Waals surface area (Å²) in [5.74, 6) is -3.26. The van der Waals surface area contributed by atoms with Crippen LogP contribution in [0.4, 0.5) is 23.7 Å². The molecule has 164 valence electrons. The van der Waals surface area contributed by atoms with Gasteiger partial charge in [-0.25, -0.2) is 9.59 Å². The predicted octanol–water partition coefficient (Wildman–Crippen LogP) is 3.34. The quantitative estimate of drug-likeness (QED) is 0.551. The van der Waals surface area contributed by atoms with E-state index in [1.54, 1.807) is 20.8 Å². The van der Waals surface area contributed by atoms with Crippen molar-refractivity contribution in [3.05, 3.63) is 29.3 Å². The number of hydrogen-bond acceptors (Lipinski definition) is 6. The summed E-state index contributed by atoms with van der Waals surface area (Å²) in [5, 5.41) is 0. The van der Waals surface area contributed by atoms with E-state index in [1.165, 1.54) is 26.1 Å². The van der Waals surface area contributed by atoms with Crippen molar-refractivity contribution in [2.45, 2.75) is 45.6 Å². The van der Waals surface area contributed by atoms with Crippen molar-refractivity contribution in [2.75, 3.05) is 17.7 Å². The molecule has 12 heteroatoms. The van der Waals surface area contributed by atoms with Crippen LogP contribution >= 0.6 is 0 Å². The second kappa shape index (κ2) is 8.57. The van der Waals surface area contributed by atoms with E-state index in [9.17, 15) is 31.2 Å². The first-order valence-corrected chi connectivity index (χ1v) is 9.82. The molecule has 1 aromatic rings. The Labute approximate surface area is 166 Å². The average Bonchev–Trinajstić information content (AvgIpc) is 2.49. The number of carbonyl (C=O) groups excluding carboxylic acids is 2. The number of aryl methyl sites for hydroxylation is 1. The van der Waals surface area contributed by atoms with Crippen LogP contribution in [0.15, 0.2) is 18.2 Å². The molecular formula is C17H22F3NO7S. The number of anilines is 1. The van der Waals surface area contributed by atoms with E-state index in [1.807, 2.05) is 0 Å². The highest BCUT2D eigenvalue weighted by Crippen LogP contribution is 2.27. The molecule has 0 aliphatic carbocycles. The molecule has 0 aromatic heterocycles. The van der Waals surface area contributed by atoms with Crippen molar-refractivity contribution in [3.8, 4) is 0 Å². The summed E-state index contributed by atoms with van der Waals surface area (Å²) in [7, 11) is -3.62. The van der Waals surface area contributed by atoms with Gasteiger partial charge in [0.05, 0.1) is 5.56 Å². The van der Waals surface area contributed by atoms with Crippen molar-refractivity contribution in [1.29, 1.82) is 0 Å². The molecule has 1 aromatic carbocycles. The summed E-state index contributed by atoms with van der Waals surface area (Å²) in [6, 6.07) is 3.60. The van der Waals surface area contributed by atoms with Crippen LogP contribution in [0.5, 0.6) is 0 Å². The first-order valence-electron chi connectivity index (χ1n) is 8.21. The molecule has 29 heavy (non-hydrogen) atoms. The van der Waals surface area contributed by atoms with E-state index in [0.717, 1.165) is 11.0 Å². The lowest BCUT2D eigenvalue weighted by Gasteiger charge is -2.25. The predicted molar refractivity (Wildman–Crippen MR) is 97.5 cm³/mol. The van der Waals surface area contributed by atoms with Gasteiger partial charge >= 0.3 is 18.2 Å². The van der Waals surface area contributed by atoms with E-state index < -0.39 is 45.8 Å². The first-order chi connectivity index (χ1) is 12.9. The number of alkyl halides is 3. The molecule has 1 atom stereocenters. The maximum absolute atomic E-state index is 12.9. The van der Waals surface area contributed by atoms with E-state index in [-0.39, 0.29) is 5.56 Å². The zero-order chi connectivity index (χ0) is 22.8. The maximum Gasteiger partial charge on any atom is 0.426 e. The van der Waals surface area contributed by atoms with Gasteiger partial charge < -0.3 is 9.47 Å². The van der Waals surface area contributed by atoms with Gasteiger partial charge in [0.1, 0.15) is 11.4 Å². The molecule has 0 saturated heterocycles. The Morgan fingerprint density at radius 2 is 1.76 bits per heavy atom. The summed E-state index contributed by atoms with van der Waals surface area (Å²) in [6.07, 6.45) is -8.91. The Morgan fingerprint density at radius 1 is 1.21 bits per heavy atom. The van der Waals surface area contributed by atoms with Crippen molar-refractivity contribution >= 4 is 27.9 Å². The fourth-order valence-corrected chi connectivity index (χ4v) is 2.81. The molecule has 0 radical (unpaired) electrons. The fourth-order valence-electron chi connectivity index (χ4n) is 2.17. The average molecular weight is 441 g/mol. The molecule has 0 fully saturated rings. The van der Waals surface area contributed by atoms with Gasteiger partial charge in [0.25, 0.3) is 10.1 Å². The number of carbonyl (C=O) groups is 2. The molecule has 0 heterocycles. The third-order valence-corrected chi connectivity index (χ3v) is 4.16. The van der Waals surface area contributed by atoms with Crippen molar-refractivity contribution in [1.82, 2.24) is 0 Å². The number of esters is 1. The Balaban J connectivity index is 3.05. The molecule has 0 bridgehead atoms. The highest BCUT2D eigenvalue weighted by atomic mass is 32.2. The second-order valence-corrected chi connectivity index (χ2v) is 8.72. The number of benzene rings is 1. The summed E-state index contributed by atoms with van der Waals surface area (Å²) in [6.45, 7) is 6.53. The molecule has 1 N–H and O–H groups in total. The van der Waals surface area contributed by atoms with Crippen molar-refractivity contribution < 1.29 is 45.2 Å². The molecule has 1 unspecified atom stereocenters. The van der Waals surface area contributed by atoms with Gasteiger partial charge in [-0.05, 0) is 51.5 Å². The lowest BCUT2D eigenvalue weighted by atomic mass is 10.1. The van der Waals surface area contributed by atoms with Crippen LogP contribution in [0, 0.1) is 6.92 Å². The van der Waals surface area contributed by atoms with E-state index in [2.05, 4.69) is 4.74 Å². The number of amides is 1. The standard InChI is InChI=1S/C17H22F3NO7S/c1-10-8-11(6-7-12(10)21(5)15(23)28-16(2,3)4)14(22)27-13(17(18,19)20)9-29(24,25)26/h6-8,13H,9H2,1-5H3,(H,24,25,26). The van der Waals surface area contributed by atoms with Gasteiger partial charge in [-0.15, -0.1) is 0 Å². The zero-order valence-electron chi connectivity index (χ0n) is 16.4. The Hall–Kier alpha value is -2.34. The van der Waals surface area contributed by atoms with Gasteiger partial charge in [0, 0.05) is 12.7 Å². The molecular weight excluding hydrogens is 419 g/mol. The number of halogens is 3. The normalized spacial score (nSPS) is 13.6. The van der Waals surface area contributed by atoms with Crippen LogP contribution < -0.4 is 4.90 Å². The van der Waals surface area contributed by atoms with E-state index in [0.29, 0.717) is 11.3 Å². The van der Waals surface area contributed by atoms with Gasteiger partial charge in [0.15, 0.2) is 0 Å². The number of ether oxygens (including phenoxy) is 2. The number of nitrogens with zero attached hydrogens (tertiary/aromatic N) is 1. The van der Waals surface area contributed by atoms with Gasteiger partial charge in [-0.2, -0.15) is 21.6 Å². The first kappa shape index (κ1) is 24.7. The molecule has 1 amide bonds. The highest BCUT2D eigenvalue weighted by molar-refractivity contribution is 7.85. The zero-order valence-corrected chi connectivity index (χ0v) is 17.2. The molecule has 0 aliphatic rings. The van der Waals surface area contributed by atoms with Crippen LogP contribution in [-0.4, -0.2) is 55.7 Å². The Morgan fingerprint density at radius 3 is 2.17 bits per heavy atom. The van der Waals surface area contributed by atoms with Gasteiger partial charge in [0.2, 0.25) is 6.10 Å². The summed E-state index contributed by atoms with van der Waals surface area (Å²) >= 11 is 0. The Bertz CT molecular complexity index is 876. The molecule has 0 aliphatic heterocycles. The van der Waals surface area contributed by atoms with Crippen LogP contribution in [0.2, 0.25) is 0 Å². The van der Waals surface area contributed by atoms with E-state index in [4.69, 9.17) is 9.29 Å². The van der Waals surface area contributed by atoms with E-state index >= 15 is 0 Å². The largest absolute Gasteiger partial charge is 0.448 e. The van der Waals surface area contributed by atoms with Crippen molar-refractivity contribution in [2.24, 2.45) is 0 Å². The molecule has 0 saturated carbocycles. The van der Waals surface area contributed by atoms with Crippen LogP contribution in [0.1, 0.15) is 36.7 Å². The summed E-state index contributed by atoms with van der Waals surface area (Å²) in [5.41, 5.74) is -0.358. The third kappa shape index (κ3) is 7.89. The molecule has 0 spiro atoms. The number of hydrogen-bond donors (Lipinski definition) is 1. The van der Waals surface area contributed by atoms with Crippen LogP contribution in [0.25, 0.3) is 0 Å². The third-order valence-electron chi connectivity index (χ3n) is 3.44. The second-order valence-electron chi connectivity index (χ2n) is 7.22. The lowest BCUT2D eigenvalue weighted by Crippen LogP contribution is -2.39. The summed E-state index contributed by atoms with van der Waals surface area (Å²) in [4.78, 5) is 25.3. The van der Waals surface area contributed by atoms with Crippen LogP contribution in [0.3, 0.4) is 0 Å². The van der Waals surface area contributed by atoms with Crippen molar-refractivity contribution in [3.63, 3.8) is 0 Å². The summed E-state index contributed by atoms with van der Waals surface area (Å²) < 4.78 is 78.3. The molecule has 1 rings (SSSR count). The number of rotatable bonds is 5. The van der Waals surface area contributed by atoms with Gasteiger partial charge in [-0.3, -0.25) is 9.45 Å². The topological polar surface area (TPSA) is 110 Å². The monoisotopic (exact) mass is 441 g/mol. The van der Waals surface area contributed by atoms with Crippen LogP contribution in [-0.2, 0) is 19.6 Å². The Kier molecular flexibility index (Phi) is 7.30. The highest BCUT2D eigenvalue weighted by Gasteiger charge is 2.45. The minimum atomic E-state index is -5.20. The smallest absolute Gasteiger partial charge is 0.426 e. The minimum Gasteiger partial charge on any atom is -0.448 e. The SMILES string of the molecule is Cc1cc(C(=O)OC(CS(=O)(=O)O)C(F)(F)F)ccc1N(C)C(=O)OC(C)(C)C. The lowest BCUT2D eigenvalue weighted by molar-refractivity contribution is -0.197. The fraction of sp³-hybridized carbons (Fsp3) is 0.529. The maximum atomic E-state index is 12.9. The molecule has 8 nitrogen and oxygen atoms in total. The van der Waals surface area contributed by atoms with Gasteiger partial charge in [-0.1, -0.05) is 0 Å².